The maximum absolute atomic E-state index is 6.49. The molecule has 6 heavy (non-hydrogen) atoms. The highest BCUT2D eigenvalue weighted by Crippen LogP contribution is 1.83. The molecule has 0 amide bonds. The Balaban J connectivity index is 3.61. The van der Waals surface area contributed by atoms with Crippen molar-refractivity contribution in [3.8, 4) is 5.92 Å². The van der Waals surface area contributed by atoms with Crippen LogP contribution in [-0.2, 0) is 0 Å². The van der Waals surface area contributed by atoms with Gasteiger partial charge in [0.1, 0.15) is 0 Å². The molecule has 1 radical (unpaired) electrons. The zero-order chi connectivity index (χ0) is 4.99. The van der Waals surface area contributed by atoms with Gasteiger partial charge in [0.05, 0.1) is 0 Å². The molecule has 0 aromatic rings. The Labute approximate surface area is 38.9 Å². The minimum atomic E-state index is 0.884. The molecule has 0 N–H and O–H groups in total. The predicted octanol–water partition coefficient (Wildman–Crippen LogP) is 1.54. The Hall–Kier alpha value is -0.700. The summed E-state index contributed by atoms with van der Waals surface area (Å²) in [6.07, 6.45) is 8.33. The second-order valence-electron chi connectivity index (χ2n) is 1.10. The molecule has 0 atom stereocenters. The molecule has 31 valence electrons. The van der Waals surface area contributed by atoms with Crippen LogP contribution in [0.3, 0.4) is 0 Å². The summed E-state index contributed by atoms with van der Waals surface area (Å²) in [7, 11) is 0. The van der Waals surface area contributed by atoms with E-state index < -0.39 is 0 Å². The zero-order valence-electron chi connectivity index (χ0n) is 4.08. The number of allylic oxidation sites excluding steroid dienone is 2. The van der Waals surface area contributed by atoms with E-state index in [0.29, 0.717) is 0 Å². The van der Waals surface area contributed by atoms with Crippen molar-refractivity contribution in [2.24, 2.45) is 0 Å². The van der Waals surface area contributed by atoms with E-state index in [0.717, 1.165) is 5.57 Å². The molecule has 0 bridgehead atoms. The van der Waals surface area contributed by atoms with Crippen LogP contribution in [0.2, 0.25) is 0 Å². The average molecular weight is 79.1 g/mol. The lowest BCUT2D eigenvalue weighted by Gasteiger charge is -1.73. The smallest absolute Gasteiger partial charge is 0.00431 e. The van der Waals surface area contributed by atoms with Crippen LogP contribution in [0, 0.1) is 12.3 Å². The summed E-state index contributed by atoms with van der Waals surface area (Å²) in [6, 6.07) is 0. The van der Waals surface area contributed by atoms with Crippen molar-refractivity contribution in [1.29, 1.82) is 0 Å². The van der Waals surface area contributed by atoms with Gasteiger partial charge in [0, 0.05) is 0 Å². The van der Waals surface area contributed by atoms with E-state index in [2.05, 4.69) is 5.92 Å². The maximum Gasteiger partial charge on any atom is -0.00431 e. The van der Waals surface area contributed by atoms with Crippen molar-refractivity contribution in [3.05, 3.63) is 18.1 Å². The van der Waals surface area contributed by atoms with E-state index >= 15 is 0 Å². The van der Waals surface area contributed by atoms with Crippen LogP contribution >= 0.6 is 0 Å². The monoisotopic (exact) mass is 79.1 g/mol. The largest absolute Gasteiger partial charge is 0.0763 e. The molecular weight excluding hydrogens is 72.1 g/mol. The molecule has 0 unspecified atom stereocenters. The van der Waals surface area contributed by atoms with Gasteiger partial charge in [0.15, 0.2) is 0 Å². The van der Waals surface area contributed by atoms with Crippen LogP contribution in [0.5, 0.6) is 0 Å². The van der Waals surface area contributed by atoms with Crippen molar-refractivity contribution >= 4 is 0 Å². The van der Waals surface area contributed by atoms with Crippen LogP contribution < -0.4 is 0 Å². The second kappa shape index (κ2) is 2.53. The molecule has 0 aromatic carbocycles. The van der Waals surface area contributed by atoms with Crippen molar-refractivity contribution in [1.82, 2.24) is 0 Å². The first-order chi connectivity index (χ1) is 2.81. The lowest BCUT2D eigenvalue weighted by atomic mass is 10.3. The van der Waals surface area contributed by atoms with E-state index in [1.54, 1.807) is 0 Å². The van der Waals surface area contributed by atoms with E-state index in [1.165, 1.54) is 0 Å². The predicted molar refractivity (Wildman–Crippen MR) is 26.6 cm³/mol. The summed E-state index contributed by atoms with van der Waals surface area (Å²) in [6.45, 7) is 3.73. The van der Waals surface area contributed by atoms with E-state index in [4.69, 9.17) is 6.42 Å². The first kappa shape index (κ1) is 5.30. The molecule has 0 aliphatic rings. The molecule has 0 aliphatic carbocycles. The van der Waals surface area contributed by atoms with Gasteiger partial charge in [-0.05, 0) is 25.8 Å². The van der Waals surface area contributed by atoms with Gasteiger partial charge in [-0.25, -0.2) is 0 Å². The van der Waals surface area contributed by atoms with Crippen molar-refractivity contribution in [2.45, 2.75) is 13.8 Å². The minimum Gasteiger partial charge on any atom is -0.0763 e. The van der Waals surface area contributed by atoms with Crippen molar-refractivity contribution in [3.63, 3.8) is 0 Å². The summed E-state index contributed by atoms with van der Waals surface area (Å²) in [5.74, 6) is 2.23. The molecule has 0 spiro atoms. The standard InChI is InChI=1S/C6H7/c1-4-6(3)5-2/h4H,1,3H3. The van der Waals surface area contributed by atoms with Crippen LogP contribution in [-0.4, -0.2) is 0 Å². The van der Waals surface area contributed by atoms with Crippen LogP contribution in [0.25, 0.3) is 0 Å². The summed E-state index contributed by atoms with van der Waals surface area (Å²) in [4.78, 5) is 0. The van der Waals surface area contributed by atoms with E-state index in [-0.39, 0.29) is 0 Å². The molecular formula is C6H7. The number of rotatable bonds is 0. The van der Waals surface area contributed by atoms with Gasteiger partial charge in [-0.3, -0.25) is 0 Å². The number of hydrogen-bond acceptors (Lipinski definition) is 0. The van der Waals surface area contributed by atoms with E-state index in [9.17, 15) is 0 Å². The van der Waals surface area contributed by atoms with Gasteiger partial charge in [-0.2, -0.15) is 0 Å². The Morgan fingerprint density at radius 3 is 2.33 bits per heavy atom. The highest BCUT2D eigenvalue weighted by atomic mass is 13.7. The van der Waals surface area contributed by atoms with Crippen LogP contribution in [0.4, 0.5) is 0 Å². The molecule has 0 saturated heterocycles. The normalized spacial score (nSPS) is 10.5. The minimum absolute atomic E-state index is 0.884. The van der Waals surface area contributed by atoms with Gasteiger partial charge in [-0.15, -0.1) is 0 Å². The number of hydrogen-bond donors (Lipinski definition) is 0. The Bertz CT molecular complexity index is 91.1. The zero-order valence-corrected chi connectivity index (χ0v) is 4.08. The van der Waals surface area contributed by atoms with Crippen molar-refractivity contribution in [2.75, 3.05) is 0 Å². The highest BCUT2D eigenvalue weighted by Gasteiger charge is 1.67. The first-order valence-electron chi connectivity index (χ1n) is 1.87. The topological polar surface area (TPSA) is 0 Å². The summed E-state index contributed by atoms with van der Waals surface area (Å²) in [5, 5.41) is 0. The molecule has 0 heterocycles. The lowest BCUT2D eigenvalue weighted by molar-refractivity contribution is 1.52. The van der Waals surface area contributed by atoms with Gasteiger partial charge in [-0.1, -0.05) is 12.0 Å². The SMILES string of the molecule is [C]#CC(C)=CC. The third-order valence-electron chi connectivity index (χ3n) is 0.630. The van der Waals surface area contributed by atoms with Gasteiger partial charge < -0.3 is 0 Å². The lowest BCUT2D eigenvalue weighted by Crippen LogP contribution is -1.58. The van der Waals surface area contributed by atoms with E-state index in [1.807, 2.05) is 19.9 Å². The Morgan fingerprint density at radius 2 is 2.33 bits per heavy atom. The quantitative estimate of drug-likeness (QED) is 0.386. The van der Waals surface area contributed by atoms with Gasteiger partial charge >= 0.3 is 0 Å². The fraction of sp³-hybridized carbons (Fsp3) is 0.333. The molecule has 0 fully saturated rings. The molecule has 0 heteroatoms. The summed E-state index contributed by atoms with van der Waals surface area (Å²) >= 11 is 0. The second-order valence-corrected chi connectivity index (χ2v) is 1.10. The molecule has 0 aliphatic heterocycles. The van der Waals surface area contributed by atoms with Crippen molar-refractivity contribution < 1.29 is 0 Å². The van der Waals surface area contributed by atoms with Crippen LogP contribution in [0.1, 0.15) is 13.8 Å². The Morgan fingerprint density at radius 1 is 1.83 bits per heavy atom. The molecule has 0 aromatic heterocycles. The highest BCUT2D eigenvalue weighted by molar-refractivity contribution is 5.18. The molecule has 0 rings (SSSR count). The molecule has 0 saturated carbocycles. The average Bonchev–Trinajstić information content (AvgIpc) is 1.65. The third kappa shape index (κ3) is 1.60. The van der Waals surface area contributed by atoms with Gasteiger partial charge in [0.25, 0.3) is 0 Å². The summed E-state index contributed by atoms with van der Waals surface area (Å²) < 4.78 is 0. The van der Waals surface area contributed by atoms with Gasteiger partial charge in [0.2, 0.25) is 0 Å². The molecule has 0 nitrogen and oxygen atoms in total. The Kier molecular flexibility index (Phi) is 2.24. The third-order valence-corrected chi connectivity index (χ3v) is 0.630. The fourth-order valence-corrected chi connectivity index (χ4v) is 0.0722. The first-order valence-corrected chi connectivity index (χ1v) is 1.87. The summed E-state index contributed by atoms with van der Waals surface area (Å²) in [5.41, 5.74) is 0.884. The van der Waals surface area contributed by atoms with Crippen LogP contribution in [0.15, 0.2) is 11.6 Å². The fourth-order valence-electron chi connectivity index (χ4n) is 0.0722. The maximum atomic E-state index is 6.49.